The van der Waals surface area contributed by atoms with Gasteiger partial charge in [-0.25, -0.2) is 0 Å². The quantitative estimate of drug-likeness (QED) is 0.809. The lowest BCUT2D eigenvalue weighted by atomic mass is 9.89. The maximum absolute atomic E-state index is 11.1. The van der Waals surface area contributed by atoms with E-state index in [0.29, 0.717) is 17.4 Å². The second-order valence-electron chi connectivity index (χ2n) is 4.52. The van der Waals surface area contributed by atoms with Gasteiger partial charge in [0.05, 0.1) is 0 Å². The molecule has 0 fully saturated rings. The summed E-state index contributed by atoms with van der Waals surface area (Å²) in [5.74, 6) is 0.540. The standard InChI is InChI=1S/C13H19NO/c1-8(2)11-6-5-10(13(14)15)7-12(11)9(3)4/h5-9H,1-4H3,(H2,14,15). The van der Waals surface area contributed by atoms with Crippen molar-refractivity contribution in [2.24, 2.45) is 5.73 Å². The average molecular weight is 205 g/mol. The highest BCUT2D eigenvalue weighted by Crippen LogP contribution is 2.26. The van der Waals surface area contributed by atoms with Crippen LogP contribution < -0.4 is 5.73 Å². The van der Waals surface area contributed by atoms with Crippen LogP contribution in [0.2, 0.25) is 0 Å². The molecule has 0 saturated carbocycles. The van der Waals surface area contributed by atoms with Crippen LogP contribution >= 0.6 is 0 Å². The normalized spacial score (nSPS) is 11.1. The fourth-order valence-corrected chi connectivity index (χ4v) is 1.75. The van der Waals surface area contributed by atoms with Gasteiger partial charge in [0.25, 0.3) is 0 Å². The highest BCUT2D eigenvalue weighted by Gasteiger charge is 2.12. The first-order valence-corrected chi connectivity index (χ1v) is 5.37. The van der Waals surface area contributed by atoms with Crippen molar-refractivity contribution in [2.45, 2.75) is 39.5 Å². The molecule has 0 unspecified atom stereocenters. The minimum atomic E-state index is -0.354. The molecule has 0 spiro atoms. The van der Waals surface area contributed by atoms with E-state index in [0.717, 1.165) is 0 Å². The Morgan fingerprint density at radius 1 is 1.07 bits per heavy atom. The molecule has 0 aliphatic heterocycles. The molecule has 0 aliphatic carbocycles. The van der Waals surface area contributed by atoms with E-state index in [4.69, 9.17) is 5.73 Å². The number of nitrogens with two attached hydrogens (primary N) is 1. The summed E-state index contributed by atoms with van der Waals surface area (Å²) in [6.07, 6.45) is 0. The highest BCUT2D eigenvalue weighted by molar-refractivity contribution is 5.93. The summed E-state index contributed by atoms with van der Waals surface area (Å²) < 4.78 is 0. The molecule has 2 heteroatoms. The van der Waals surface area contributed by atoms with Gasteiger partial charge in [-0.05, 0) is 35.1 Å². The monoisotopic (exact) mass is 205 g/mol. The Bertz CT molecular complexity index is 367. The van der Waals surface area contributed by atoms with Crippen molar-refractivity contribution in [1.29, 1.82) is 0 Å². The van der Waals surface area contributed by atoms with E-state index in [2.05, 4.69) is 27.7 Å². The molecule has 0 saturated heterocycles. The van der Waals surface area contributed by atoms with Crippen LogP contribution in [-0.4, -0.2) is 5.91 Å². The van der Waals surface area contributed by atoms with Gasteiger partial charge in [-0.1, -0.05) is 33.8 Å². The molecule has 1 aromatic carbocycles. The second kappa shape index (κ2) is 4.47. The fraction of sp³-hybridized carbons (Fsp3) is 0.462. The number of carbonyl (C=O) groups is 1. The highest BCUT2D eigenvalue weighted by atomic mass is 16.1. The van der Waals surface area contributed by atoms with E-state index in [1.54, 1.807) is 0 Å². The molecule has 0 atom stereocenters. The van der Waals surface area contributed by atoms with Crippen molar-refractivity contribution in [2.75, 3.05) is 0 Å². The molecule has 1 rings (SSSR count). The number of benzene rings is 1. The van der Waals surface area contributed by atoms with Crippen LogP contribution in [0, 0.1) is 0 Å². The van der Waals surface area contributed by atoms with Crippen molar-refractivity contribution in [3.05, 3.63) is 34.9 Å². The molecular formula is C13H19NO. The Morgan fingerprint density at radius 3 is 2.00 bits per heavy atom. The fourth-order valence-electron chi connectivity index (χ4n) is 1.75. The van der Waals surface area contributed by atoms with Crippen LogP contribution in [0.5, 0.6) is 0 Å². The second-order valence-corrected chi connectivity index (χ2v) is 4.52. The number of carbonyl (C=O) groups excluding carboxylic acids is 1. The van der Waals surface area contributed by atoms with Crippen LogP contribution in [-0.2, 0) is 0 Å². The van der Waals surface area contributed by atoms with Gasteiger partial charge < -0.3 is 5.73 Å². The van der Waals surface area contributed by atoms with Crippen molar-refractivity contribution in [3.63, 3.8) is 0 Å². The van der Waals surface area contributed by atoms with Crippen molar-refractivity contribution < 1.29 is 4.79 Å². The van der Waals surface area contributed by atoms with Crippen LogP contribution in [0.15, 0.2) is 18.2 Å². The Hall–Kier alpha value is -1.31. The molecule has 0 radical (unpaired) electrons. The summed E-state index contributed by atoms with van der Waals surface area (Å²) in [5, 5.41) is 0. The van der Waals surface area contributed by atoms with Gasteiger partial charge in [0, 0.05) is 5.56 Å². The third-order valence-corrected chi connectivity index (χ3v) is 2.62. The molecule has 82 valence electrons. The van der Waals surface area contributed by atoms with E-state index < -0.39 is 0 Å². The molecule has 2 nitrogen and oxygen atoms in total. The number of hydrogen-bond acceptors (Lipinski definition) is 1. The van der Waals surface area contributed by atoms with Gasteiger partial charge in [0.1, 0.15) is 0 Å². The van der Waals surface area contributed by atoms with Crippen molar-refractivity contribution in [3.8, 4) is 0 Å². The van der Waals surface area contributed by atoms with E-state index >= 15 is 0 Å². The van der Waals surface area contributed by atoms with Crippen LogP contribution in [0.25, 0.3) is 0 Å². The summed E-state index contributed by atoms with van der Waals surface area (Å²) in [6, 6.07) is 5.74. The van der Waals surface area contributed by atoms with E-state index in [-0.39, 0.29) is 5.91 Å². The smallest absolute Gasteiger partial charge is 0.248 e. The molecule has 15 heavy (non-hydrogen) atoms. The zero-order valence-electron chi connectivity index (χ0n) is 9.87. The molecule has 1 amide bonds. The largest absolute Gasteiger partial charge is 0.366 e. The first-order valence-electron chi connectivity index (χ1n) is 5.37. The third kappa shape index (κ3) is 2.58. The summed E-state index contributed by atoms with van der Waals surface area (Å²) in [7, 11) is 0. The van der Waals surface area contributed by atoms with Crippen molar-refractivity contribution >= 4 is 5.91 Å². The predicted octanol–water partition coefficient (Wildman–Crippen LogP) is 3.03. The number of rotatable bonds is 3. The minimum Gasteiger partial charge on any atom is -0.366 e. The molecule has 1 aromatic rings. The molecule has 2 N–H and O–H groups in total. The average Bonchev–Trinajstić information content (AvgIpc) is 2.16. The third-order valence-electron chi connectivity index (χ3n) is 2.62. The van der Waals surface area contributed by atoms with Gasteiger partial charge in [0.15, 0.2) is 0 Å². The molecule has 0 bridgehead atoms. The Balaban J connectivity index is 3.27. The van der Waals surface area contributed by atoms with Gasteiger partial charge in [0.2, 0.25) is 5.91 Å². The van der Waals surface area contributed by atoms with Gasteiger partial charge in [-0.2, -0.15) is 0 Å². The van der Waals surface area contributed by atoms with Crippen LogP contribution in [0.1, 0.15) is 61.0 Å². The Morgan fingerprint density at radius 2 is 1.60 bits per heavy atom. The SMILES string of the molecule is CC(C)c1ccc(C(N)=O)cc1C(C)C. The van der Waals surface area contributed by atoms with E-state index in [9.17, 15) is 4.79 Å². The maximum Gasteiger partial charge on any atom is 0.248 e. The lowest BCUT2D eigenvalue weighted by molar-refractivity contribution is 0.1000. The zero-order chi connectivity index (χ0) is 11.6. The first-order chi connectivity index (χ1) is 6.93. The van der Waals surface area contributed by atoms with Crippen LogP contribution in [0.4, 0.5) is 0 Å². The molecule has 0 heterocycles. The Kier molecular flexibility index (Phi) is 3.51. The van der Waals surface area contributed by atoms with Gasteiger partial charge in [-0.3, -0.25) is 4.79 Å². The lowest BCUT2D eigenvalue weighted by Gasteiger charge is -2.16. The zero-order valence-corrected chi connectivity index (χ0v) is 9.87. The summed E-state index contributed by atoms with van der Waals surface area (Å²) in [6.45, 7) is 8.58. The van der Waals surface area contributed by atoms with Crippen LogP contribution in [0.3, 0.4) is 0 Å². The Labute approximate surface area is 91.5 Å². The van der Waals surface area contributed by atoms with E-state index in [1.165, 1.54) is 11.1 Å². The first kappa shape index (κ1) is 11.8. The number of hydrogen-bond donors (Lipinski definition) is 1. The lowest BCUT2D eigenvalue weighted by Crippen LogP contribution is -2.12. The number of amides is 1. The number of primary amides is 1. The van der Waals surface area contributed by atoms with Gasteiger partial charge in [-0.15, -0.1) is 0 Å². The van der Waals surface area contributed by atoms with E-state index in [1.807, 2.05) is 18.2 Å². The van der Waals surface area contributed by atoms with Gasteiger partial charge >= 0.3 is 0 Å². The molecule has 0 aromatic heterocycles. The minimum absolute atomic E-state index is 0.354. The summed E-state index contributed by atoms with van der Waals surface area (Å²) in [5.41, 5.74) is 8.39. The topological polar surface area (TPSA) is 43.1 Å². The predicted molar refractivity (Wildman–Crippen MR) is 63.1 cm³/mol. The summed E-state index contributed by atoms with van der Waals surface area (Å²) in [4.78, 5) is 11.1. The molecular weight excluding hydrogens is 186 g/mol. The molecule has 0 aliphatic rings. The van der Waals surface area contributed by atoms with Crippen molar-refractivity contribution in [1.82, 2.24) is 0 Å². The maximum atomic E-state index is 11.1. The summed E-state index contributed by atoms with van der Waals surface area (Å²) >= 11 is 0.